The molecule has 304 valence electrons. The summed E-state index contributed by atoms with van der Waals surface area (Å²) in [5.41, 5.74) is 14.2. The van der Waals surface area contributed by atoms with Crippen LogP contribution < -0.4 is 0 Å². The largest absolute Gasteiger partial charge is 0.436 e. The van der Waals surface area contributed by atoms with E-state index in [0.717, 1.165) is 50.2 Å². The number of oxazole rings is 1. The molecular weight excluding hydrogens is 797 g/mol. The molecule has 0 aliphatic carbocycles. The van der Waals surface area contributed by atoms with Crippen LogP contribution in [0.1, 0.15) is 0 Å². The van der Waals surface area contributed by atoms with Gasteiger partial charge in [-0.1, -0.05) is 127 Å². The van der Waals surface area contributed by atoms with E-state index in [0.29, 0.717) is 28.9 Å². The third-order valence-corrected chi connectivity index (χ3v) is 12.4. The van der Waals surface area contributed by atoms with Crippen molar-refractivity contribution in [3.63, 3.8) is 0 Å². The Labute approximate surface area is 373 Å². The zero-order valence-electron chi connectivity index (χ0n) is 34.9. The van der Waals surface area contributed by atoms with Crippen LogP contribution in [0.15, 0.2) is 223 Å². The minimum atomic E-state index is 0.546. The highest BCUT2D eigenvalue weighted by Gasteiger charge is 2.18. The molecule has 7 nitrogen and oxygen atoms in total. The summed E-state index contributed by atoms with van der Waals surface area (Å²) in [5.74, 6) is 2.34. The molecule has 9 aromatic carbocycles. The van der Waals surface area contributed by atoms with E-state index in [4.69, 9.17) is 24.4 Å². The lowest BCUT2D eigenvalue weighted by Crippen LogP contribution is -2.00. The second kappa shape index (κ2) is 14.9. The van der Waals surface area contributed by atoms with E-state index in [9.17, 15) is 0 Å². The summed E-state index contributed by atoms with van der Waals surface area (Å²) in [5, 5.41) is 4.89. The Morgan fingerprint density at radius 1 is 0.292 bits per heavy atom. The van der Waals surface area contributed by atoms with Crippen molar-refractivity contribution in [1.29, 1.82) is 0 Å². The van der Waals surface area contributed by atoms with Gasteiger partial charge < -0.3 is 13.6 Å². The lowest BCUT2D eigenvalue weighted by Gasteiger charge is -2.10. The van der Waals surface area contributed by atoms with Crippen molar-refractivity contribution in [1.82, 2.24) is 29.1 Å². The van der Waals surface area contributed by atoms with Crippen molar-refractivity contribution in [2.75, 3.05) is 0 Å². The Morgan fingerprint density at radius 3 is 1.28 bits per heavy atom. The van der Waals surface area contributed by atoms with Gasteiger partial charge in [0.05, 0.1) is 22.1 Å². The van der Waals surface area contributed by atoms with E-state index in [1.807, 2.05) is 78.9 Å². The standard InChI is InChI=1S/C58H36N6O/c1-4-14-37(15-5-1)55-60-56(38-16-6-2-7-17-38)62-57(61-55)42-28-33-54-49(36-42)59-58(65-54)39-24-29-44(30-25-39)64-51-23-13-11-21-46(51)48-35-41(27-32-53(48)64)40-26-31-52-47(34-40)45-20-10-12-22-50(45)63(52)43-18-8-3-9-19-43/h1-36H. The predicted molar refractivity (Wildman–Crippen MR) is 263 cm³/mol. The number of benzene rings is 9. The van der Waals surface area contributed by atoms with Crippen LogP contribution in [-0.4, -0.2) is 29.1 Å². The molecule has 0 saturated heterocycles. The molecule has 0 saturated carbocycles. The minimum absolute atomic E-state index is 0.546. The first-order valence-corrected chi connectivity index (χ1v) is 21.7. The lowest BCUT2D eigenvalue weighted by atomic mass is 10.0. The molecule has 0 atom stereocenters. The van der Waals surface area contributed by atoms with Crippen LogP contribution >= 0.6 is 0 Å². The molecule has 13 rings (SSSR count). The Hall–Kier alpha value is -8.94. The summed E-state index contributed by atoms with van der Waals surface area (Å²) >= 11 is 0. The molecule has 13 aromatic rings. The normalized spacial score (nSPS) is 11.7. The molecule has 0 spiro atoms. The topological polar surface area (TPSA) is 74.6 Å². The number of aromatic nitrogens is 6. The van der Waals surface area contributed by atoms with Gasteiger partial charge in [-0.15, -0.1) is 0 Å². The molecule has 0 amide bonds. The Bertz CT molecular complexity index is 3870. The molecule has 0 aliphatic rings. The number of hydrogen-bond donors (Lipinski definition) is 0. The van der Waals surface area contributed by atoms with E-state index in [-0.39, 0.29) is 0 Å². The van der Waals surface area contributed by atoms with Crippen molar-refractivity contribution in [3.05, 3.63) is 218 Å². The smallest absolute Gasteiger partial charge is 0.227 e. The highest BCUT2D eigenvalue weighted by molar-refractivity contribution is 6.12. The second-order valence-electron chi connectivity index (χ2n) is 16.3. The number of fused-ring (bicyclic) bond motifs is 7. The van der Waals surface area contributed by atoms with Crippen LogP contribution in [-0.2, 0) is 0 Å². The average molecular weight is 833 g/mol. The van der Waals surface area contributed by atoms with Gasteiger partial charge in [0.25, 0.3) is 0 Å². The summed E-state index contributed by atoms with van der Waals surface area (Å²) in [4.78, 5) is 19.6. The molecule has 4 aromatic heterocycles. The summed E-state index contributed by atoms with van der Waals surface area (Å²) < 4.78 is 11.1. The first-order valence-electron chi connectivity index (χ1n) is 21.7. The average Bonchev–Trinajstić information content (AvgIpc) is 4.07. The zero-order valence-corrected chi connectivity index (χ0v) is 34.9. The maximum Gasteiger partial charge on any atom is 0.227 e. The maximum atomic E-state index is 6.36. The molecule has 0 N–H and O–H groups in total. The van der Waals surface area contributed by atoms with Crippen LogP contribution in [0.5, 0.6) is 0 Å². The van der Waals surface area contributed by atoms with Gasteiger partial charge in [-0.05, 0) is 102 Å². The number of nitrogens with zero attached hydrogens (tertiary/aromatic N) is 6. The molecule has 7 heteroatoms. The fraction of sp³-hybridized carbons (Fsp3) is 0. The molecule has 0 bridgehead atoms. The van der Waals surface area contributed by atoms with Gasteiger partial charge in [-0.2, -0.15) is 0 Å². The van der Waals surface area contributed by atoms with Crippen molar-refractivity contribution in [2.45, 2.75) is 0 Å². The fourth-order valence-electron chi connectivity index (χ4n) is 9.32. The van der Waals surface area contributed by atoms with Gasteiger partial charge in [0.15, 0.2) is 23.1 Å². The third-order valence-electron chi connectivity index (χ3n) is 12.4. The van der Waals surface area contributed by atoms with Crippen molar-refractivity contribution in [3.8, 4) is 68.1 Å². The lowest BCUT2D eigenvalue weighted by molar-refractivity contribution is 0.620. The van der Waals surface area contributed by atoms with E-state index < -0.39 is 0 Å². The maximum absolute atomic E-state index is 6.36. The molecular formula is C58H36N6O. The SMILES string of the molecule is c1ccc(-c2nc(-c3ccccc3)nc(-c3ccc4oc(-c5ccc(-n6c7ccccc7c7cc(-c8ccc9c(c8)c8ccccc8n9-c8ccccc8)ccc76)cc5)nc4c3)n2)cc1. The number of rotatable bonds is 7. The van der Waals surface area contributed by atoms with Gasteiger partial charge in [0.1, 0.15) is 5.52 Å². The highest BCUT2D eigenvalue weighted by atomic mass is 16.3. The molecule has 0 radical (unpaired) electrons. The van der Waals surface area contributed by atoms with Crippen LogP contribution in [0.3, 0.4) is 0 Å². The van der Waals surface area contributed by atoms with Gasteiger partial charge in [0, 0.05) is 55.2 Å². The van der Waals surface area contributed by atoms with Gasteiger partial charge in [-0.3, -0.25) is 0 Å². The van der Waals surface area contributed by atoms with Gasteiger partial charge in [0.2, 0.25) is 5.89 Å². The molecule has 0 fully saturated rings. The van der Waals surface area contributed by atoms with Gasteiger partial charge in [-0.25, -0.2) is 19.9 Å². The van der Waals surface area contributed by atoms with Crippen LogP contribution in [0.25, 0.3) is 123 Å². The zero-order chi connectivity index (χ0) is 42.8. The van der Waals surface area contributed by atoms with Crippen LogP contribution in [0, 0.1) is 0 Å². The third kappa shape index (κ3) is 6.20. The molecule has 65 heavy (non-hydrogen) atoms. The fourth-order valence-corrected chi connectivity index (χ4v) is 9.32. The Balaban J connectivity index is 0.847. The Morgan fingerprint density at radius 2 is 0.723 bits per heavy atom. The second-order valence-corrected chi connectivity index (χ2v) is 16.3. The quantitative estimate of drug-likeness (QED) is 0.160. The van der Waals surface area contributed by atoms with Crippen molar-refractivity contribution < 1.29 is 4.42 Å². The predicted octanol–water partition coefficient (Wildman–Crippen LogP) is 14.5. The van der Waals surface area contributed by atoms with Crippen LogP contribution in [0.4, 0.5) is 0 Å². The monoisotopic (exact) mass is 832 g/mol. The minimum Gasteiger partial charge on any atom is -0.436 e. The van der Waals surface area contributed by atoms with E-state index in [1.165, 1.54) is 43.7 Å². The summed E-state index contributed by atoms with van der Waals surface area (Å²) in [6.45, 7) is 0. The highest BCUT2D eigenvalue weighted by Crippen LogP contribution is 2.39. The summed E-state index contributed by atoms with van der Waals surface area (Å²) in [6.07, 6.45) is 0. The summed E-state index contributed by atoms with van der Waals surface area (Å²) in [6, 6.07) is 76.0. The van der Waals surface area contributed by atoms with Crippen molar-refractivity contribution >= 4 is 54.7 Å². The van der Waals surface area contributed by atoms with E-state index >= 15 is 0 Å². The van der Waals surface area contributed by atoms with Crippen LogP contribution in [0.2, 0.25) is 0 Å². The first kappa shape index (κ1) is 36.7. The first-order chi connectivity index (χ1) is 32.2. The molecule has 4 heterocycles. The Kier molecular flexibility index (Phi) is 8.39. The number of para-hydroxylation sites is 3. The molecule has 0 unspecified atom stereocenters. The van der Waals surface area contributed by atoms with E-state index in [1.54, 1.807) is 0 Å². The van der Waals surface area contributed by atoms with Gasteiger partial charge >= 0.3 is 0 Å². The number of hydrogen-bond acceptors (Lipinski definition) is 5. The van der Waals surface area contributed by atoms with E-state index in [2.05, 4.69) is 149 Å². The molecule has 0 aliphatic heterocycles. The van der Waals surface area contributed by atoms with Crippen molar-refractivity contribution in [2.24, 2.45) is 0 Å². The summed E-state index contributed by atoms with van der Waals surface area (Å²) in [7, 11) is 0.